The molecule has 0 amide bonds. The Balaban J connectivity index is 2.82. The molecule has 0 saturated carbocycles. The average molecular weight is 240 g/mol. The molecule has 1 aromatic heterocycles. The van der Waals surface area contributed by atoms with Crippen LogP contribution in [0.25, 0.3) is 6.08 Å². The van der Waals surface area contributed by atoms with Crippen LogP contribution in [-0.4, -0.2) is 28.8 Å². The van der Waals surface area contributed by atoms with E-state index in [9.17, 15) is 9.59 Å². The van der Waals surface area contributed by atoms with E-state index in [2.05, 4.69) is 14.7 Å². The number of H-pyrrole nitrogens is 1. The number of esters is 1. The van der Waals surface area contributed by atoms with Crippen LogP contribution in [0, 0.1) is 0 Å². The van der Waals surface area contributed by atoms with E-state index in [1.54, 1.807) is 6.92 Å². The van der Waals surface area contributed by atoms with Gasteiger partial charge in [-0.05, 0) is 19.3 Å². The van der Waals surface area contributed by atoms with Gasteiger partial charge in [-0.15, -0.1) is 0 Å². The summed E-state index contributed by atoms with van der Waals surface area (Å²) >= 11 is 1.34. The summed E-state index contributed by atoms with van der Waals surface area (Å²) in [4.78, 5) is 29.0. The van der Waals surface area contributed by atoms with Crippen molar-refractivity contribution < 1.29 is 9.53 Å². The topological polar surface area (TPSA) is 72.0 Å². The first-order chi connectivity index (χ1) is 7.67. The molecular formula is C10H12N2O3S. The maximum atomic E-state index is 11.5. The lowest BCUT2D eigenvalue weighted by atomic mass is 10.3. The van der Waals surface area contributed by atoms with Gasteiger partial charge < -0.3 is 9.72 Å². The van der Waals surface area contributed by atoms with Crippen LogP contribution >= 0.6 is 11.8 Å². The van der Waals surface area contributed by atoms with Crippen molar-refractivity contribution in [1.29, 1.82) is 0 Å². The zero-order valence-corrected chi connectivity index (χ0v) is 9.84. The third-order valence-electron chi connectivity index (χ3n) is 1.68. The highest BCUT2D eigenvalue weighted by Crippen LogP contribution is 2.04. The SMILES string of the molecule is CCOC(=O)C=Cc1cnc(SC)[nH]c1=O. The second-order valence-electron chi connectivity index (χ2n) is 2.76. The van der Waals surface area contributed by atoms with Crippen molar-refractivity contribution in [2.24, 2.45) is 0 Å². The molecule has 16 heavy (non-hydrogen) atoms. The third-order valence-corrected chi connectivity index (χ3v) is 2.28. The fourth-order valence-electron chi connectivity index (χ4n) is 0.959. The molecule has 0 unspecified atom stereocenters. The van der Waals surface area contributed by atoms with Crippen molar-refractivity contribution in [3.63, 3.8) is 0 Å². The predicted octanol–water partition coefficient (Wildman–Crippen LogP) is 1.07. The lowest BCUT2D eigenvalue weighted by molar-refractivity contribution is -0.137. The number of nitrogens with zero attached hydrogens (tertiary/aromatic N) is 1. The van der Waals surface area contributed by atoms with Crippen molar-refractivity contribution in [2.75, 3.05) is 12.9 Å². The Labute approximate surface area is 96.9 Å². The Hall–Kier alpha value is -1.56. The molecule has 5 nitrogen and oxygen atoms in total. The quantitative estimate of drug-likeness (QED) is 0.369. The molecule has 0 aliphatic rings. The summed E-state index contributed by atoms with van der Waals surface area (Å²) < 4.78 is 4.69. The summed E-state index contributed by atoms with van der Waals surface area (Å²) in [5.74, 6) is -0.476. The molecule has 0 atom stereocenters. The minimum atomic E-state index is -0.476. The molecule has 1 aromatic rings. The highest BCUT2D eigenvalue weighted by molar-refractivity contribution is 7.98. The summed E-state index contributed by atoms with van der Waals surface area (Å²) in [6.45, 7) is 2.02. The fourth-order valence-corrected chi connectivity index (χ4v) is 1.31. The first-order valence-electron chi connectivity index (χ1n) is 4.65. The molecule has 0 fully saturated rings. The van der Waals surface area contributed by atoms with Gasteiger partial charge in [-0.25, -0.2) is 9.78 Å². The summed E-state index contributed by atoms with van der Waals surface area (Å²) in [6.07, 6.45) is 5.81. The molecule has 0 radical (unpaired) electrons. The van der Waals surface area contributed by atoms with Crippen LogP contribution in [0.3, 0.4) is 0 Å². The predicted molar refractivity (Wildman–Crippen MR) is 62.3 cm³/mol. The van der Waals surface area contributed by atoms with E-state index in [0.29, 0.717) is 17.3 Å². The number of nitrogens with one attached hydrogen (secondary N) is 1. The fraction of sp³-hybridized carbons (Fsp3) is 0.300. The van der Waals surface area contributed by atoms with Gasteiger partial charge in [0.25, 0.3) is 5.56 Å². The summed E-state index contributed by atoms with van der Waals surface area (Å²) in [6, 6.07) is 0. The Bertz CT molecular complexity index is 454. The van der Waals surface area contributed by atoms with Gasteiger partial charge in [0.15, 0.2) is 5.16 Å². The Kier molecular flexibility index (Phi) is 4.78. The largest absolute Gasteiger partial charge is 0.463 e. The monoisotopic (exact) mass is 240 g/mol. The lowest BCUT2D eigenvalue weighted by Gasteiger charge is -1.96. The zero-order valence-electron chi connectivity index (χ0n) is 9.02. The molecule has 0 aliphatic carbocycles. The van der Waals surface area contributed by atoms with Crippen molar-refractivity contribution in [1.82, 2.24) is 9.97 Å². The molecule has 1 N–H and O–H groups in total. The molecule has 0 aliphatic heterocycles. The van der Waals surface area contributed by atoms with Gasteiger partial charge in [0.1, 0.15) is 0 Å². The minimum absolute atomic E-state index is 0.278. The van der Waals surface area contributed by atoms with Gasteiger partial charge in [0.2, 0.25) is 0 Å². The Morgan fingerprint density at radius 2 is 2.44 bits per heavy atom. The highest BCUT2D eigenvalue weighted by atomic mass is 32.2. The van der Waals surface area contributed by atoms with E-state index in [0.717, 1.165) is 0 Å². The van der Waals surface area contributed by atoms with Crippen molar-refractivity contribution in [3.8, 4) is 0 Å². The lowest BCUT2D eigenvalue weighted by Crippen LogP contribution is -2.11. The molecule has 1 heterocycles. The van der Waals surface area contributed by atoms with Gasteiger partial charge in [0.05, 0.1) is 12.2 Å². The van der Waals surface area contributed by atoms with Crippen molar-refractivity contribution in [2.45, 2.75) is 12.1 Å². The van der Waals surface area contributed by atoms with Crippen LogP contribution < -0.4 is 5.56 Å². The Morgan fingerprint density at radius 1 is 1.69 bits per heavy atom. The molecule has 0 spiro atoms. The number of aromatic amines is 1. The van der Waals surface area contributed by atoms with Gasteiger partial charge in [0, 0.05) is 12.3 Å². The Morgan fingerprint density at radius 3 is 3.00 bits per heavy atom. The number of thioether (sulfide) groups is 1. The first-order valence-corrected chi connectivity index (χ1v) is 5.88. The molecule has 0 aromatic carbocycles. The summed E-state index contributed by atoms with van der Waals surface area (Å²) in [5, 5.41) is 0.540. The van der Waals surface area contributed by atoms with Gasteiger partial charge in [-0.3, -0.25) is 4.79 Å². The van der Waals surface area contributed by atoms with Crippen LogP contribution in [0.15, 0.2) is 22.2 Å². The van der Waals surface area contributed by atoms with E-state index in [1.807, 2.05) is 6.26 Å². The van der Waals surface area contributed by atoms with E-state index in [4.69, 9.17) is 0 Å². The zero-order chi connectivity index (χ0) is 12.0. The first kappa shape index (κ1) is 12.5. The number of rotatable bonds is 4. The summed E-state index contributed by atoms with van der Waals surface area (Å²) in [5.41, 5.74) is 0.0470. The second kappa shape index (κ2) is 6.12. The van der Waals surface area contributed by atoms with Gasteiger partial charge >= 0.3 is 5.97 Å². The number of hydrogen-bond acceptors (Lipinski definition) is 5. The smallest absolute Gasteiger partial charge is 0.330 e. The highest BCUT2D eigenvalue weighted by Gasteiger charge is 2.00. The van der Waals surface area contributed by atoms with Gasteiger partial charge in [-0.2, -0.15) is 0 Å². The summed E-state index contributed by atoms with van der Waals surface area (Å²) in [7, 11) is 0. The maximum absolute atomic E-state index is 11.5. The third kappa shape index (κ3) is 3.54. The number of carbonyl (C=O) groups is 1. The van der Waals surface area contributed by atoms with E-state index in [-0.39, 0.29) is 5.56 Å². The normalized spacial score (nSPS) is 10.6. The van der Waals surface area contributed by atoms with E-state index < -0.39 is 5.97 Å². The number of ether oxygens (including phenoxy) is 1. The van der Waals surface area contributed by atoms with E-state index >= 15 is 0 Å². The standard InChI is InChI=1S/C10H12N2O3S/c1-3-15-8(13)5-4-7-6-11-10(16-2)12-9(7)14/h4-6H,3H2,1-2H3,(H,11,12,14). The number of aromatic nitrogens is 2. The maximum Gasteiger partial charge on any atom is 0.330 e. The van der Waals surface area contributed by atoms with Crippen LogP contribution in [0.1, 0.15) is 12.5 Å². The number of hydrogen-bond donors (Lipinski definition) is 1. The molecule has 1 rings (SSSR count). The van der Waals surface area contributed by atoms with Crippen LogP contribution in [0.5, 0.6) is 0 Å². The second-order valence-corrected chi connectivity index (χ2v) is 3.56. The minimum Gasteiger partial charge on any atom is -0.463 e. The van der Waals surface area contributed by atoms with Crippen LogP contribution in [-0.2, 0) is 9.53 Å². The average Bonchev–Trinajstić information content (AvgIpc) is 2.27. The van der Waals surface area contributed by atoms with Crippen molar-refractivity contribution >= 4 is 23.8 Å². The van der Waals surface area contributed by atoms with E-state index in [1.165, 1.54) is 30.1 Å². The molecule has 6 heteroatoms. The molecular weight excluding hydrogens is 228 g/mol. The number of carbonyl (C=O) groups excluding carboxylic acids is 1. The molecule has 0 saturated heterocycles. The molecule has 0 bridgehead atoms. The van der Waals surface area contributed by atoms with Crippen LogP contribution in [0.4, 0.5) is 0 Å². The van der Waals surface area contributed by atoms with Gasteiger partial charge in [-0.1, -0.05) is 11.8 Å². The van der Waals surface area contributed by atoms with Crippen LogP contribution in [0.2, 0.25) is 0 Å². The molecule has 86 valence electrons. The van der Waals surface area contributed by atoms with Crippen molar-refractivity contribution in [3.05, 3.63) is 28.2 Å².